The minimum atomic E-state index is -0.586. The topological polar surface area (TPSA) is 106 Å². The van der Waals surface area contributed by atoms with E-state index in [1.165, 1.54) is 12.0 Å². The van der Waals surface area contributed by atoms with E-state index in [1.54, 1.807) is 10.9 Å². The zero-order valence-corrected chi connectivity index (χ0v) is 15.5. The van der Waals surface area contributed by atoms with Gasteiger partial charge in [-0.25, -0.2) is 0 Å². The third-order valence-corrected chi connectivity index (χ3v) is 4.24. The van der Waals surface area contributed by atoms with Crippen LogP contribution in [0.5, 0.6) is 0 Å². The number of carbonyl (C=O) groups is 3. The number of aryl methyl sites for hydroxylation is 2. The highest BCUT2D eigenvalue weighted by molar-refractivity contribution is 5.89. The molecule has 0 radical (unpaired) electrons. The number of nitrogens with zero attached hydrogens (tertiary/aromatic N) is 3. The van der Waals surface area contributed by atoms with Crippen molar-refractivity contribution in [3.8, 4) is 0 Å². The molecule has 1 aliphatic rings. The van der Waals surface area contributed by atoms with E-state index in [9.17, 15) is 14.4 Å². The number of hydrogen-bond acceptors (Lipinski definition) is 5. The summed E-state index contributed by atoms with van der Waals surface area (Å²) in [5.74, 6) is -0.591. The molecule has 0 aromatic carbocycles. The van der Waals surface area contributed by atoms with Crippen molar-refractivity contribution in [2.75, 3.05) is 26.8 Å². The second kappa shape index (κ2) is 9.33. The summed E-state index contributed by atoms with van der Waals surface area (Å²) in [4.78, 5) is 38.1. The lowest BCUT2D eigenvalue weighted by atomic mass is 10.1. The summed E-state index contributed by atoms with van der Waals surface area (Å²) < 4.78 is 6.61. The van der Waals surface area contributed by atoms with Gasteiger partial charge in [0, 0.05) is 45.4 Å². The lowest BCUT2D eigenvalue weighted by molar-refractivity contribution is -0.141. The first-order valence-corrected chi connectivity index (χ1v) is 8.79. The van der Waals surface area contributed by atoms with Crippen LogP contribution in [0, 0.1) is 6.92 Å². The number of aromatic nitrogens is 2. The van der Waals surface area contributed by atoms with E-state index in [-0.39, 0.29) is 36.8 Å². The molecule has 3 amide bonds. The van der Waals surface area contributed by atoms with Gasteiger partial charge in [-0.1, -0.05) is 0 Å². The van der Waals surface area contributed by atoms with Gasteiger partial charge in [-0.15, -0.1) is 0 Å². The van der Waals surface area contributed by atoms with Gasteiger partial charge in [0.25, 0.3) is 0 Å². The third kappa shape index (κ3) is 5.29. The molecule has 0 aliphatic carbocycles. The molecule has 1 aromatic rings. The molecular formula is C17H27N5O4. The maximum atomic E-state index is 12.2. The maximum absolute atomic E-state index is 12.2. The molecule has 144 valence electrons. The Morgan fingerprint density at radius 3 is 2.77 bits per heavy atom. The Bertz CT molecular complexity index is 619. The highest BCUT2D eigenvalue weighted by atomic mass is 16.5. The average molecular weight is 365 g/mol. The van der Waals surface area contributed by atoms with Crippen LogP contribution in [-0.4, -0.2) is 71.3 Å². The van der Waals surface area contributed by atoms with Crippen LogP contribution in [0.4, 0.5) is 0 Å². The second-order valence-corrected chi connectivity index (χ2v) is 6.42. The van der Waals surface area contributed by atoms with E-state index in [1.807, 2.05) is 20.0 Å². The van der Waals surface area contributed by atoms with Crippen LogP contribution in [0.15, 0.2) is 12.4 Å². The van der Waals surface area contributed by atoms with Gasteiger partial charge in [-0.2, -0.15) is 5.10 Å². The average Bonchev–Trinajstić information content (AvgIpc) is 3.20. The normalized spacial score (nSPS) is 19.4. The second-order valence-electron chi connectivity index (χ2n) is 6.42. The van der Waals surface area contributed by atoms with E-state index in [4.69, 9.17) is 4.74 Å². The summed E-state index contributed by atoms with van der Waals surface area (Å²) in [6.45, 7) is 4.95. The molecule has 0 saturated carbocycles. The molecule has 1 aromatic heterocycles. The van der Waals surface area contributed by atoms with Crippen molar-refractivity contribution in [3.05, 3.63) is 18.0 Å². The predicted octanol–water partition coefficient (Wildman–Crippen LogP) is -0.550. The lowest BCUT2D eigenvalue weighted by Gasteiger charge is -2.23. The van der Waals surface area contributed by atoms with Crippen LogP contribution in [0.2, 0.25) is 0 Å². The fraction of sp³-hybridized carbons (Fsp3) is 0.647. The van der Waals surface area contributed by atoms with Crippen molar-refractivity contribution in [2.24, 2.45) is 0 Å². The molecule has 1 fully saturated rings. The molecule has 9 nitrogen and oxygen atoms in total. The van der Waals surface area contributed by atoms with E-state index in [0.717, 1.165) is 5.56 Å². The van der Waals surface area contributed by atoms with E-state index < -0.39 is 6.04 Å². The number of nitrogens with one attached hydrogen (secondary N) is 2. The Labute approximate surface area is 153 Å². The molecule has 2 atom stereocenters. The summed E-state index contributed by atoms with van der Waals surface area (Å²) in [6, 6.07) is -0.841. The van der Waals surface area contributed by atoms with Crippen molar-refractivity contribution in [1.82, 2.24) is 25.3 Å². The van der Waals surface area contributed by atoms with Gasteiger partial charge in [-0.3, -0.25) is 19.1 Å². The van der Waals surface area contributed by atoms with Gasteiger partial charge in [0.05, 0.1) is 6.20 Å². The summed E-state index contributed by atoms with van der Waals surface area (Å²) in [7, 11) is 1.44. The summed E-state index contributed by atoms with van der Waals surface area (Å²) >= 11 is 0. The molecule has 9 heteroatoms. The van der Waals surface area contributed by atoms with Crippen molar-refractivity contribution in [1.29, 1.82) is 0 Å². The minimum Gasteiger partial charge on any atom is -0.375 e. The Hall–Kier alpha value is -2.42. The van der Waals surface area contributed by atoms with E-state index in [2.05, 4.69) is 15.7 Å². The first kappa shape index (κ1) is 19.9. The molecule has 1 aliphatic heterocycles. The quantitative estimate of drug-likeness (QED) is 0.643. The van der Waals surface area contributed by atoms with E-state index in [0.29, 0.717) is 26.1 Å². The maximum Gasteiger partial charge on any atom is 0.249 e. The van der Waals surface area contributed by atoms with Crippen LogP contribution >= 0.6 is 0 Å². The first-order chi connectivity index (χ1) is 12.4. The molecular weight excluding hydrogens is 338 g/mol. The molecule has 2 rings (SSSR count). The molecule has 26 heavy (non-hydrogen) atoms. The Morgan fingerprint density at radius 2 is 2.15 bits per heavy atom. The number of ether oxygens (including phenoxy) is 1. The van der Waals surface area contributed by atoms with Crippen LogP contribution in [0.3, 0.4) is 0 Å². The van der Waals surface area contributed by atoms with Crippen LogP contribution < -0.4 is 10.6 Å². The SMILES string of the molecule is CCNC(=O)[C@@H]1C[C@@H](NC(=O)CCn2cc(C)cn2)CN1C(=O)COC. The molecule has 0 unspecified atom stereocenters. The van der Waals surface area contributed by atoms with Crippen molar-refractivity contribution in [3.63, 3.8) is 0 Å². The lowest BCUT2D eigenvalue weighted by Crippen LogP contribution is -2.47. The summed E-state index contributed by atoms with van der Waals surface area (Å²) in [5, 5.41) is 9.80. The van der Waals surface area contributed by atoms with Crippen molar-refractivity contribution < 1.29 is 19.1 Å². The van der Waals surface area contributed by atoms with Crippen molar-refractivity contribution in [2.45, 2.75) is 45.3 Å². The zero-order chi connectivity index (χ0) is 19.1. The summed E-state index contributed by atoms with van der Waals surface area (Å²) in [6.07, 6.45) is 4.30. The van der Waals surface area contributed by atoms with Crippen LogP contribution in [-0.2, 0) is 25.7 Å². The Morgan fingerprint density at radius 1 is 1.38 bits per heavy atom. The minimum absolute atomic E-state index is 0.0881. The number of hydrogen-bond donors (Lipinski definition) is 2. The van der Waals surface area contributed by atoms with Crippen LogP contribution in [0.1, 0.15) is 25.3 Å². The number of carbonyl (C=O) groups excluding carboxylic acids is 3. The Kier molecular flexibility index (Phi) is 7.14. The smallest absolute Gasteiger partial charge is 0.249 e. The zero-order valence-electron chi connectivity index (χ0n) is 15.5. The molecule has 2 N–H and O–H groups in total. The first-order valence-electron chi connectivity index (χ1n) is 8.79. The van der Waals surface area contributed by atoms with Crippen LogP contribution in [0.25, 0.3) is 0 Å². The van der Waals surface area contributed by atoms with E-state index >= 15 is 0 Å². The fourth-order valence-corrected chi connectivity index (χ4v) is 3.07. The van der Waals surface area contributed by atoms with Crippen molar-refractivity contribution >= 4 is 17.7 Å². The number of likely N-dealkylation sites (N-methyl/N-ethyl adjacent to an activating group) is 1. The largest absolute Gasteiger partial charge is 0.375 e. The van der Waals surface area contributed by atoms with Gasteiger partial charge in [0.1, 0.15) is 12.6 Å². The standard InChI is InChI=1S/C17H27N5O4/c1-4-18-17(25)14-7-13(10-22(14)16(24)11-26-3)20-15(23)5-6-21-9-12(2)8-19-21/h8-9,13-14H,4-7,10-11H2,1-3H3,(H,18,25)(H,20,23)/t13-,14+/m1/s1. The molecule has 1 saturated heterocycles. The van der Waals surface area contributed by atoms with Gasteiger partial charge in [0.15, 0.2) is 0 Å². The number of amides is 3. The molecule has 2 heterocycles. The number of rotatable bonds is 8. The third-order valence-electron chi connectivity index (χ3n) is 4.24. The summed E-state index contributed by atoms with van der Waals surface area (Å²) in [5.41, 5.74) is 1.04. The van der Waals surface area contributed by atoms with Gasteiger partial charge < -0.3 is 20.3 Å². The molecule has 0 spiro atoms. The van der Waals surface area contributed by atoms with Gasteiger partial charge in [-0.05, 0) is 25.8 Å². The number of methoxy groups -OCH3 is 1. The van der Waals surface area contributed by atoms with Gasteiger partial charge in [0.2, 0.25) is 17.7 Å². The Balaban J connectivity index is 1.91. The monoisotopic (exact) mass is 365 g/mol. The predicted molar refractivity (Wildman–Crippen MR) is 94.2 cm³/mol. The van der Waals surface area contributed by atoms with Gasteiger partial charge >= 0.3 is 0 Å². The number of likely N-dealkylation sites (tertiary alicyclic amines) is 1. The fourth-order valence-electron chi connectivity index (χ4n) is 3.07. The highest BCUT2D eigenvalue weighted by Crippen LogP contribution is 2.19. The molecule has 0 bridgehead atoms. The highest BCUT2D eigenvalue weighted by Gasteiger charge is 2.39.